The van der Waals surface area contributed by atoms with Gasteiger partial charge < -0.3 is 36.0 Å². The molecule has 2 saturated carbocycles. The average molecular weight is 1350 g/mol. The summed E-state index contributed by atoms with van der Waals surface area (Å²) >= 11 is 15.4. The van der Waals surface area contributed by atoms with Gasteiger partial charge in [0.25, 0.3) is 0 Å². The third-order valence-corrected chi connectivity index (χ3v) is 20.8. The molecule has 1 saturated heterocycles. The lowest BCUT2D eigenvalue weighted by Crippen LogP contribution is -2.48. The third-order valence-electron chi connectivity index (χ3n) is 15.2. The summed E-state index contributed by atoms with van der Waals surface area (Å²) in [6.45, 7) is 23.7. The molecule has 0 spiro atoms. The van der Waals surface area contributed by atoms with Gasteiger partial charge in [-0.3, -0.25) is 29.5 Å². The van der Waals surface area contributed by atoms with E-state index in [0.717, 1.165) is 29.6 Å². The molecule has 2 aromatic heterocycles. The van der Waals surface area contributed by atoms with Gasteiger partial charge in [0.2, 0.25) is 11.8 Å². The molecule has 2 aliphatic carbocycles. The van der Waals surface area contributed by atoms with Crippen molar-refractivity contribution in [2.75, 3.05) is 13.3 Å². The first-order chi connectivity index (χ1) is 38.4. The van der Waals surface area contributed by atoms with Crippen molar-refractivity contribution in [3.05, 3.63) is 127 Å². The van der Waals surface area contributed by atoms with E-state index in [-0.39, 0.29) is 51.5 Å². The molecule has 6 N–H and O–H groups in total. The molecule has 83 heavy (non-hydrogen) atoms. The highest BCUT2D eigenvalue weighted by Crippen LogP contribution is 2.67. The predicted molar refractivity (Wildman–Crippen MR) is 335 cm³/mol. The molecule has 3 amide bonds. The number of hydrogen-bond acceptors (Lipinski definition) is 14. The fourth-order valence-electron chi connectivity index (χ4n) is 9.68. The number of nitrogens with zero attached hydrogens (tertiary/aromatic N) is 5. The quantitative estimate of drug-likeness (QED) is 0.0374. The Hall–Kier alpha value is -4.54. The lowest BCUT2D eigenvalue weighted by atomic mass is 9.75. The van der Waals surface area contributed by atoms with Crippen molar-refractivity contribution in [3.63, 3.8) is 0 Å². The summed E-state index contributed by atoms with van der Waals surface area (Å²) in [5.74, 6) is -3.64. The van der Waals surface area contributed by atoms with E-state index in [1.807, 2.05) is 50.3 Å². The van der Waals surface area contributed by atoms with Crippen LogP contribution in [0.5, 0.6) is 0 Å². The van der Waals surface area contributed by atoms with Crippen LogP contribution < -0.4 is 22.7 Å². The molecule has 2 aromatic carbocycles. The highest BCUT2D eigenvalue weighted by Gasteiger charge is 2.72. The predicted octanol–water partition coefficient (Wildman–Crippen LogP) is 12.5. The van der Waals surface area contributed by atoms with Crippen LogP contribution >= 0.6 is 69.3 Å². The van der Waals surface area contributed by atoms with Crippen LogP contribution in [0.25, 0.3) is 17.7 Å². The highest BCUT2D eigenvalue weighted by atomic mass is 127. The van der Waals surface area contributed by atoms with Crippen LogP contribution in [0, 0.1) is 23.5 Å². The minimum atomic E-state index is -1.39. The van der Waals surface area contributed by atoms with E-state index in [2.05, 4.69) is 34.6 Å². The van der Waals surface area contributed by atoms with E-state index in [4.69, 9.17) is 64.2 Å². The number of nitrogens with two attached hydrogens (primary N) is 3. The zero-order valence-corrected chi connectivity index (χ0v) is 54.4. The van der Waals surface area contributed by atoms with Gasteiger partial charge in [-0.05, 0) is 163 Å². The molecule has 5 aliphatic rings. The maximum Gasteiger partial charge on any atom is 0.494 e. The number of hydrogen-bond donors (Lipinski definition) is 3. The Morgan fingerprint density at radius 3 is 1.80 bits per heavy atom. The zero-order valence-electron chi connectivity index (χ0n) is 48.1. The van der Waals surface area contributed by atoms with Gasteiger partial charge >= 0.3 is 13.2 Å². The molecule has 3 fully saturated rings. The summed E-state index contributed by atoms with van der Waals surface area (Å²) in [5, 5.41) is 1.29. The van der Waals surface area contributed by atoms with Gasteiger partial charge in [-0.2, -0.15) is 0 Å². The van der Waals surface area contributed by atoms with Crippen molar-refractivity contribution in [3.8, 4) is 0 Å². The van der Waals surface area contributed by atoms with Crippen LogP contribution in [-0.2, 0) is 39.4 Å². The maximum atomic E-state index is 15.8. The Labute approximate surface area is 515 Å². The van der Waals surface area contributed by atoms with E-state index < -0.39 is 87.9 Å². The van der Waals surface area contributed by atoms with Crippen molar-refractivity contribution in [2.45, 2.75) is 138 Å². The number of primary amides is 2. The Morgan fingerprint density at radius 2 is 1.30 bits per heavy atom. The summed E-state index contributed by atoms with van der Waals surface area (Å²) in [7, 11) is -2.11. The van der Waals surface area contributed by atoms with E-state index in [0.29, 0.717) is 46.2 Å². The second-order valence-corrected chi connectivity index (χ2v) is 34.1. The van der Waals surface area contributed by atoms with Gasteiger partial charge in [0.15, 0.2) is 16.2 Å². The minimum Gasteiger partial charge on any atom is -0.443 e. The van der Waals surface area contributed by atoms with Gasteiger partial charge in [-0.25, -0.2) is 27.3 Å². The van der Waals surface area contributed by atoms with E-state index in [1.165, 1.54) is 69.9 Å². The lowest BCUT2D eigenvalue weighted by Gasteiger charge is -2.37. The molecule has 26 heteroatoms. The van der Waals surface area contributed by atoms with E-state index in [1.54, 1.807) is 52.8 Å². The standard InChI is InChI=1S/C30H47BFN3O6SSi.C20H17ClF2N4OS.C7H4ClFIN/c1-26(2,3)39-25(37)35(18-38-14-15-43(9,10)11)24-34-29(8,22-17-30(22,42-24)23(33)36)20-16-19(12-13-21(20)32)31-40-27(4,5)28(6,7)41-31;1-19(16-8-20(16,17(24)28)29-18(25)27-19)12-6-10(2-4-13(12)22)7-14(23)15-5-3-11(21)9-26-15;8-5-1-2-7(11-4-5)6(9)3-10/h12-13,16,22H,14-15,17-18H2,1-11H3,(H2,33,36);2-7,9,16H,8H2,1H3,(H2,24,28)(H2,25,27);1-4H/b;14-7-;6-3-/t22-,29+,30-;16-,19+,20-;/m00./s1. The van der Waals surface area contributed by atoms with Crippen molar-refractivity contribution >= 4 is 136 Å². The molecule has 15 nitrogen and oxygen atoms in total. The summed E-state index contributed by atoms with van der Waals surface area (Å²) < 4.78 is 81.4. The number of amides is 3. The van der Waals surface area contributed by atoms with Crippen molar-refractivity contribution in [1.82, 2.24) is 14.9 Å². The molecular formula is C57H68BCl2F4IN8O7S2Si. The van der Waals surface area contributed by atoms with Gasteiger partial charge in [0, 0.05) is 54.1 Å². The number of carbonyl (C=O) groups is 3. The van der Waals surface area contributed by atoms with Crippen LogP contribution in [-0.4, -0.2) is 97.9 Å². The topological polar surface area (TPSA) is 220 Å². The monoisotopic (exact) mass is 1350 g/mol. The largest absolute Gasteiger partial charge is 0.494 e. The van der Waals surface area contributed by atoms with Gasteiger partial charge in [-0.15, -0.1) is 0 Å². The Balaban J connectivity index is 0.000000211. The average Bonchev–Trinajstić information content (AvgIpc) is 2.30. The minimum absolute atomic E-state index is 0.109. The highest BCUT2D eigenvalue weighted by molar-refractivity contribution is 14.1. The molecule has 6 atom stereocenters. The fourth-order valence-corrected chi connectivity index (χ4v) is 13.8. The van der Waals surface area contributed by atoms with Crippen LogP contribution in [0.3, 0.4) is 0 Å². The maximum absolute atomic E-state index is 15.8. The van der Waals surface area contributed by atoms with Gasteiger partial charge in [0.1, 0.15) is 39.3 Å². The molecule has 0 bridgehead atoms. The molecule has 446 valence electrons. The smallest absolute Gasteiger partial charge is 0.443 e. The number of amidine groups is 2. The second-order valence-electron chi connectivity index (χ2n) is 24.4. The fraction of sp³-hybridized carbons (Fsp3) is 0.456. The van der Waals surface area contributed by atoms with Gasteiger partial charge in [-0.1, -0.05) is 84.6 Å². The van der Waals surface area contributed by atoms with Crippen LogP contribution in [0.2, 0.25) is 35.7 Å². The van der Waals surface area contributed by atoms with Crippen molar-refractivity contribution < 1.29 is 50.7 Å². The van der Waals surface area contributed by atoms with Crippen molar-refractivity contribution in [1.29, 1.82) is 0 Å². The molecule has 9 rings (SSSR count). The number of fused-ring (bicyclic) bond motifs is 2. The van der Waals surface area contributed by atoms with Crippen molar-refractivity contribution in [2.24, 2.45) is 39.0 Å². The summed E-state index contributed by atoms with van der Waals surface area (Å²) in [6.07, 6.45) is 4.18. The first-order valence-electron chi connectivity index (χ1n) is 26.4. The first-order valence-corrected chi connectivity index (χ1v) is 33.8. The molecular weight excluding hydrogens is 1290 g/mol. The number of rotatable bonds is 13. The normalized spacial score (nSPS) is 25.9. The van der Waals surface area contributed by atoms with E-state index >= 15 is 4.39 Å². The van der Waals surface area contributed by atoms with E-state index in [9.17, 15) is 27.6 Å². The van der Waals surface area contributed by atoms with Crippen LogP contribution in [0.4, 0.5) is 22.4 Å². The molecule has 0 radical (unpaired) electrons. The molecule has 4 aromatic rings. The molecule has 3 aliphatic heterocycles. The number of ether oxygens (including phenoxy) is 2. The first kappa shape index (κ1) is 66.0. The second kappa shape index (κ2) is 24.7. The summed E-state index contributed by atoms with van der Waals surface area (Å²) in [5.41, 5.74) is 15.2. The Bertz CT molecular complexity index is 3270. The molecule has 0 unspecified atom stereocenters. The SMILES string of the molecule is CC(C)(C)OC(=O)N(COCC[Si](C)(C)C)C1=N[C@](C)(c2cc(B3OC(C)(C)C(C)(C)O3)ccc2F)[C@@H]2C[C@]2(C(N)=O)S1.C[C@]1(c2cc(/C=C(\F)c3ccc(Cl)cn3)ccc2F)N=C(N)S[C@@]2(C(N)=O)C[C@H]21.F/C(=C\I)c1ccc(Cl)cn1. The number of aliphatic imine (C=N–C) groups is 2. The van der Waals surface area contributed by atoms with Crippen LogP contribution in [0.1, 0.15) is 103 Å². The molecule has 5 heterocycles. The number of halogens is 7. The third kappa shape index (κ3) is 14.7. The Morgan fingerprint density at radius 1 is 0.795 bits per heavy atom. The number of aromatic nitrogens is 2. The summed E-state index contributed by atoms with van der Waals surface area (Å²) in [4.78, 5) is 56.9. The number of carbonyl (C=O) groups excluding carboxylic acids is 3. The number of thioether (sulfide) groups is 2. The van der Waals surface area contributed by atoms with Crippen LogP contribution in [0.15, 0.2) is 87.1 Å². The lowest BCUT2D eigenvalue weighted by molar-refractivity contribution is -0.119. The number of pyridine rings is 2. The van der Waals surface area contributed by atoms with Gasteiger partial charge in [0.05, 0.1) is 43.7 Å². The number of benzene rings is 2. The zero-order chi connectivity index (χ0) is 61.6. The summed E-state index contributed by atoms with van der Waals surface area (Å²) in [6, 6.07) is 15.9. The Kier molecular flexibility index (Phi) is 19.6.